The molecule has 0 radical (unpaired) electrons. The molecule has 0 spiro atoms. The molecule has 7 heteroatoms. The van der Waals surface area contributed by atoms with Crippen LogP contribution in [0.1, 0.15) is 15.4 Å². The monoisotopic (exact) mass is 464 g/mol. The molecule has 2 N–H and O–H groups in total. The lowest BCUT2D eigenvalue weighted by molar-refractivity contribution is 0.782. The minimum atomic E-state index is 0. The van der Waals surface area contributed by atoms with Gasteiger partial charge in [-0.3, -0.25) is 4.99 Å². The Hall–Kier alpha value is -0.860. The Kier molecular flexibility index (Phi) is 9.50. The molecule has 0 amide bonds. The molecule has 4 nitrogen and oxygen atoms in total. The van der Waals surface area contributed by atoms with Gasteiger partial charge in [0.1, 0.15) is 0 Å². The average Bonchev–Trinajstić information content (AvgIpc) is 2.91. The second-order valence-electron chi connectivity index (χ2n) is 4.92. The molecule has 0 aliphatic heterocycles. The number of nitrogens with one attached hydrogen (secondary N) is 2. The summed E-state index contributed by atoms with van der Waals surface area (Å²) in [6.45, 7) is 3.71. The molecule has 0 fully saturated rings. The Morgan fingerprint density at radius 1 is 1.26 bits per heavy atom. The van der Waals surface area contributed by atoms with Crippen molar-refractivity contribution in [2.45, 2.75) is 19.8 Å². The van der Waals surface area contributed by atoms with Gasteiger partial charge in [-0.2, -0.15) is 0 Å². The van der Waals surface area contributed by atoms with Gasteiger partial charge in [-0.1, -0.05) is 23.7 Å². The first kappa shape index (κ1) is 20.2. The Morgan fingerprint density at radius 2 is 2.00 bits per heavy atom. The molecule has 0 unspecified atom stereocenters. The summed E-state index contributed by atoms with van der Waals surface area (Å²) in [4.78, 5) is 9.83. The molecule has 2 rings (SSSR count). The van der Waals surface area contributed by atoms with Crippen molar-refractivity contribution < 1.29 is 0 Å². The summed E-state index contributed by atoms with van der Waals surface area (Å²) < 4.78 is 0. The molecule has 1 aromatic heterocycles. The molecule has 126 valence electrons. The SMILES string of the molecule is CN=C(NCCc1cccc(Cl)c1)NCCc1ncc(C)s1.I. The smallest absolute Gasteiger partial charge is 0.191 e. The molecular formula is C16H22ClIN4S. The highest BCUT2D eigenvalue weighted by Gasteiger charge is 2.01. The summed E-state index contributed by atoms with van der Waals surface area (Å²) >= 11 is 7.72. The topological polar surface area (TPSA) is 49.3 Å². The number of guanidine groups is 1. The highest BCUT2D eigenvalue weighted by atomic mass is 127. The van der Waals surface area contributed by atoms with Gasteiger partial charge in [-0.05, 0) is 31.0 Å². The summed E-state index contributed by atoms with van der Waals surface area (Å²) in [6, 6.07) is 7.93. The van der Waals surface area contributed by atoms with Gasteiger partial charge in [0.15, 0.2) is 5.96 Å². The van der Waals surface area contributed by atoms with Gasteiger partial charge in [0.25, 0.3) is 0 Å². The van der Waals surface area contributed by atoms with Crippen molar-refractivity contribution in [2.75, 3.05) is 20.1 Å². The van der Waals surface area contributed by atoms with E-state index in [1.165, 1.54) is 10.4 Å². The van der Waals surface area contributed by atoms with Crippen LogP contribution in [0.15, 0.2) is 35.5 Å². The number of nitrogens with zero attached hydrogens (tertiary/aromatic N) is 2. The second-order valence-corrected chi connectivity index (χ2v) is 6.68. The summed E-state index contributed by atoms with van der Waals surface area (Å²) in [6.07, 6.45) is 3.73. The quantitative estimate of drug-likeness (QED) is 0.390. The zero-order chi connectivity index (χ0) is 15.8. The lowest BCUT2D eigenvalue weighted by atomic mass is 10.1. The van der Waals surface area contributed by atoms with E-state index in [4.69, 9.17) is 11.6 Å². The first-order valence-electron chi connectivity index (χ1n) is 7.27. The van der Waals surface area contributed by atoms with Crippen LogP contribution in [0, 0.1) is 6.92 Å². The normalized spacial score (nSPS) is 11.0. The van der Waals surface area contributed by atoms with Crippen LogP contribution >= 0.6 is 46.9 Å². The third-order valence-corrected chi connectivity index (χ3v) is 4.33. The molecule has 0 aliphatic carbocycles. The molecule has 0 bridgehead atoms. The maximum atomic E-state index is 5.98. The van der Waals surface area contributed by atoms with E-state index in [0.717, 1.165) is 41.9 Å². The lowest BCUT2D eigenvalue weighted by Gasteiger charge is -2.11. The highest BCUT2D eigenvalue weighted by Crippen LogP contribution is 2.11. The minimum absolute atomic E-state index is 0. The zero-order valence-electron chi connectivity index (χ0n) is 13.3. The van der Waals surface area contributed by atoms with E-state index in [1.807, 2.05) is 24.4 Å². The van der Waals surface area contributed by atoms with Crippen LogP contribution in [0.4, 0.5) is 0 Å². The van der Waals surface area contributed by atoms with Crippen molar-refractivity contribution >= 4 is 52.9 Å². The first-order valence-corrected chi connectivity index (χ1v) is 8.47. The zero-order valence-corrected chi connectivity index (χ0v) is 17.2. The van der Waals surface area contributed by atoms with E-state index in [0.29, 0.717) is 0 Å². The third-order valence-electron chi connectivity index (χ3n) is 3.12. The molecule has 0 aliphatic rings. The van der Waals surface area contributed by atoms with E-state index in [-0.39, 0.29) is 24.0 Å². The number of halogens is 2. The summed E-state index contributed by atoms with van der Waals surface area (Å²) in [5, 5.41) is 8.54. The van der Waals surface area contributed by atoms with Gasteiger partial charge in [-0.15, -0.1) is 35.3 Å². The van der Waals surface area contributed by atoms with Gasteiger partial charge >= 0.3 is 0 Å². The Bertz CT molecular complexity index is 630. The summed E-state index contributed by atoms with van der Waals surface area (Å²) in [7, 11) is 1.78. The van der Waals surface area contributed by atoms with E-state index in [1.54, 1.807) is 18.4 Å². The van der Waals surface area contributed by atoms with E-state index in [2.05, 4.69) is 33.6 Å². The second kappa shape index (κ2) is 10.8. The number of hydrogen-bond acceptors (Lipinski definition) is 3. The van der Waals surface area contributed by atoms with Crippen molar-refractivity contribution in [1.29, 1.82) is 0 Å². The molecule has 23 heavy (non-hydrogen) atoms. The van der Waals surface area contributed by atoms with E-state index < -0.39 is 0 Å². The van der Waals surface area contributed by atoms with Crippen LogP contribution in [0.3, 0.4) is 0 Å². The molecule has 1 heterocycles. The largest absolute Gasteiger partial charge is 0.356 e. The van der Waals surface area contributed by atoms with E-state index >= 15 is 0 Å². The van der Waals surface area contributed by atoms with Crippen LogP contribution in [0.2, 0.25) is 5.02 Å². The Balaban J connectivity index is 0.00000264. The molecule has 2 aromatic rings. The van der Waals surface area contributed by atoms with Crippen LogP contribution in [0.25, 0.3) is 0 Å². The molecule has 1 aromatic carbocycles. The Labute approximate surface area is 163 Å². The fourth-order valence-corrected chi connectivity index (χ4v) is 3.04. The van der Waals surface area contributed by atoms with Crippen LogP contribution in [-0.4, -0.2) is 31.1 Å². The van der Waals surface area contributed by atoms with Crippen LogP contribution in [0.5, 0.6) is 0 Å². The van der Waals surface area contributed by atoms with Gasteiger partial charge in [-0.25, -0.2) is 4.98 Å². The molecule has 0 saturated carbocycles. The van der Waals surface area contributed by atoms with Gasteiger partial charge in [0.2, 0.25) is 0 Å². The van der Waals surface area contributed by atoms with Crippen molar-refractivity contribution in [2.24, 2.45) is 4.99 Å². The van der Waals surface area contributed by atoms with Crippen molar-refractivity contribution in [3.05, 3.63) is 50.9 Å². The maximum Gasteiger partial charge on any atom is 0.191 e. The average molecular weight is 465 g/mol. The fraction of sp³-hybridized carbons (Fsp3) is 0.375. The van der Waals surface area contributed by atoms with Crippen molar-refractivity contribution in [1.82, 2.24) is 15.6 Å². The molecule has 0 saturated heterocycles. The van der Waals surface area contributed by atoms with Crippen LogP contribution in [-0.2, 0) is 12.8 Å². The minimum Gasteiger partial charge on any atom is -0.356 e. The van der Waals surface area contributed by atoms with Crippen molar-refractivity contribution in [3.8, 4) is 0 Å². The molecule has 0 atom stereocenters. The number of rotatable bonds is 6. The predicted octanol–water partition coefficient (Wildman–Crippen LogP) is 3.67. The first-order chi connectivity index (χ1) is 10.7. The summed E-state index contributed by atoms with van der Waals surface area (Å²) in [5.74, 6) is 0.815. The van der Waals surface area contributed by atoms with Gasteiger partial charge in [0, 0.05) is 42.7 Å². The number of aryl methyl sites for hydroxylation is 1. The number of thiazole rings is 1. The van der Waals surface area contributed by atoms with E-state index in [9.17, 15) is 0 Å². The van der Waals surface area contributed by atoms with Gasteiger partial charge in [0.05, 0.1) is 5.01 Å². The number of aliphatic imine (C=N–C) groups is 1. The predicted molar refractivity (Wildman–Crippen MR) is 110 cm³/mol. The number of benzene rings is 1. The standard InChI is InChI=1S/C16H21ClN4S.HI/c1-12-11-21-15(22-12)7-9-20-16(18-2)19-8-6-13-4-3-5-14(17)10-13;/h3-5,10-11H,6-9H2,1-2H3,(H2,18,19,20);1H. The van der Waals surface area contributed by atoms with Crippen molar-refractivity contribution in [3.63, 3.8) is 0 Å². The third kappa shape index (κ3) is 7.50. The summed E-state index contributed by atoms with van der Waals surface area (Å²) in [5.41, 5.74) is 1.22. The lowest BCUT2D eigenvalue weighted by Crippen LogP contribution is -2.39. The fourth-order valence-electron chi connectivity index (χ4n) is 2.04. The molecular weight excluding hydrogens is 443 g/mol. The number of hydrogen-bond donors (Lipinski definition) is 2. The maximum absolute atomic E-state index is 5.98. The van der Waals surface area contributed by atoms with Gasteiger partial charge < -0.3 is 10.6 Å². The van der Waals surface area contributed by atoms with Crippen LogP contribution < -0.4 is 10.6 Å². The highest BCUT2D eigenvalue weighted by molar-refractivity contribution is 14.0. The Morgan fingerprint density at radius 3 is 2.61 bits per heavy atom. The number of aromatic nitrogens is 1.